The topological polar surface area (TPSA) is 48.4 Å². The zero-order valence-electron chi connectivity index (χ0n) is 16.0. The monoisotopic (exact) mass is 445 g/mol. The van der Waals surface area contributed by atoms with Crippen molar-refractivity contribution in [3.05, 3.63) is 64.2 Å². The molecule has 29 heavy (non-hydrogen) atoms. The lowest BCUT2D eigenvalue weighted by molar-refractivity contribution is 0.0497. The summed E-state index contributed by atoms with van der Waals surface area (Å²) in [6, 6.07) is 13.7. The van der Waals surface area contributed by atoms with Crippen LogP contribution in [0.1, 0.15) is 42.5 Å². The summed E-state index contributed by atoms with van der Waals surface area (Å²) in [4.78, 5) is 16.9. The minimum Gasteiger partial charge on any atom is -0.494 e. The Morgan fingerprint density at radius 2 is 1.72 bits per heavy atom. The second-order valence-corrected chi connectivity index (χ2v) is 9.42. The molecule has 2 aromatic heterocycles. The van der Waals surface area contributed by atoms with Crippen molar-refractivity contribution in [2.45, 2.75) is 32.1 Å². The first-order valence-corrected chi connectivity index (χ1v) is 12.2. The Morgan fingerprint density at radius 1 is 0.966 bits per heavy atom. The third-order valence-electron chi connectivity index (χ3n) is 4.29. The van der Waals surface area contributed by atoms with E-state index in [4.69, 9.17) is 21.7 Å². The number of hydrogen-bond acceptors (Lipinski definition) is 7. The number of esters is 1. The van der Waals surface area contributed by atoms with E-state index in [2.05, 4.69) is 17.1 Å². The molecule has 0 aliphatic rings. The molecule has 0 saturated carbocycles. The van der Waals surface area contributed by atoms with E-state index in [9.17, 15) is 4.79 Å². The van der Waals surface area contributed by atoms with Gasteiger partial charge in [0.1, 0.15) is 9.57 Å². The molecule has 152 valence electrons. The molecule has 0 atom stereocenters. The van der Waals surface area contributed by atoms with Gasteiger partial charge in [-0.05, 0) is 60.9 Å². The van der Waals surface area contributed by atoms with Gasteiger partial charge < -0.3 is 9.47 Å². The Kier molecular flexibility index (Phi) is 8.80. The van der Waals surface area contributed by atoms with Crippen LogP contribution in [0.25, 0.3) is 10.4 Å². The van der Waals surface area contributed by atoms with Gasteiger partial charge in [0, 0.05) is 17.3 Å². The van der Waals surface area contributed by atoms with E-state index in [1.54, 1.807) is 39.0 Å². The highest BCUT2D eigenvalue weighted by molar-refractivity contribution is 7.80. The van der Waals surface area contributed by atoms with Crippen molar-refractivity contribution >= 4 is 38.9 Å². The largest absolute Gasteiger partial charge is 0.494 e. The summed E-state index contributed by atoms with van der Waals surface area (Å²) in [7, 11) is 3.34. The molecule has 2 heterocycles. The van der Waals surface area contributed by atoms with Crippen molar-refractivity contribution < 1.29 is 14.3 Å². The standard InChI is InChI=1S/C22H23NO3S3/c24-22(18-7-6-12-23-16-18)26-14-5-3-1-2-4-13-25-19-10-8-17(9-11-19)20-15-21(27)29-28-20/h6-12,15-16H,1-5,13-14H2. The fraction of sp³-hybridized carbons (Fsp3) is 0.318. The molecule has 0 bridgehead atoms. The zero-order valence-corrected chi connectivity index (χ0v) is 18.5. The molecule has 0 amide bonds. The Labute approximate surface area is 183 Å². The molecule has 0 aliphatic carbocycles. The predicted molar refractivity (Wildman–Crippen MR) is 122 cm³/mol. The molecule has 1 aromatic carbocycles. The van der Waals surface area contributed by atoms with Crippen molar-refractivity contribution in [2.24, 2.45) is 0 Å². The maximum Gasteiger partial charge on any atom is 0.339 e. The van der Waals surface area contributed by atoms with Gasteiger partial charge in [-0.1, -0.05) is 52.2 Å². The molecule has 0 fully saturated rings. The van der Waals surface area contributed by atoms with Crippen LogP contribution >= 0.6 is 32.9 Å². The van der Waals surface area contributed by atoms with Crippen molar-refractivity contribution in [1.29, 1.82) is 0 Å². The van der Waals surface area contributed by atoms with Crippen LogP contribution in [-0.2, 0) is 4.74 Å². The second kappa shape index (κ2) is 11.8. The molecule has 0 aliphatic heterocycles. The lowest BCUT2D eigenvalue weighted by Gasteiger charge is -2.07. The van der Waals surface area contributed by atoms with Gasteiger partial charge in [0.25, 0.3) is 0 Å². The summed E-state index contributed by atoms with van der Waals surface area (Å²) in [5.41, 5.74) is 1.68. The number of pyridine rings is 1. The highest BCUT2D eigenvalue weighted by Gasteiger charge is 2.05. The fourth-order valence-corrected chi connectivity index (χ4v) is 5.15. The van der Waals surface area contributed by atoms with Gasteiger partial charge in [0.2, 0.25) is 0 Å². The molecule has 0 unspecified atom stereocenters. The number of unbranched alkanes of at least 4 members (excludes halogenated alkanes) is 4. The van der Waals surface area contributed by atoms with Gasteiger partial charge in [0.05, 0.1) is 18.8 Å². The molecule has 0 spiro atoms. The van der Waals surface area contributed by atoms with Crippen molar-refractivity contribution in [1.82, 2.24) is 4.98 Å². The number of carbonyl (C=O) groups excluding carboxylic acids is 1. The smallest absolute Gasteiger partial charge is 0.339 e. The predicted octanol–water partition coefficient (Wildman–Crippen LogP) is 6.79. The quantitative estimate of drug-likeness (QED) is 0.141. The minimum atomic E-state index is -0.304. The van der Waals surface area contributed by atoms with Crippen LogP contribution in [0.3, 0.4) is 0 Å². The molecule has 3 rings (SSSR count). The minimum absolute atomic E-state index is 0.304. The Balaban J connectivity index is 1.22. The van der Waals surface area contributed by atoms with Gasteiger partial charge in [-0.15, -0.1) is 0 Å². The number of aromatic nitrogens is 1. The molecule has 0 saturated heterocycles. The highest BCUT2D eigenvalue weighted by atomic mass is 32.9. The Bertz CT molecular complexity index is 936. The average molecular weight is 446 g/mol. The van der Waals surface area contributed by atoms with Crippen molar-refractivity contribution in [3.8, 4) is 16.2 Å². The third-order valence-corrected chi connectivity index (χ3v) is 7.20. The van der Waals surface area contributed by atoms with E-state index in [0.717, 1.165) is 41.7 Å². The maximum atomic E-state index is 11.8. The molecule has 0 radical (unpaired) electrons. The van der Waals surface area contributed by atoms with Gasteiger partial charge in [-0.2, -0.15) is 0 Å². The molecular weight excluding hydrogens is 422 g/mol. The van der Waals surface area contributed by atoms with Crippen LogP contribution in [0, 0.1) is 3.82 Å². The van der Waals surface area contributed by atoms with Gasteiger partial charge in [-0.3, -0.25) is 4.98 Å². The molecular formula is C22H23NO3S3. The van der Waals surface area contributed by atoms with E-state index >= 15 is 0 Å². The first-order chi connectivity index (χ1) is 14.2. The van der Waals surface area contributed by atoms with E-state index in [1.807, 2.05) is 18.2 Å². The van der Waals surface area contributed by atoms with Crippen LogP contribution in [0.4, 0.5) is 0 Å². The number of nitrogens with zero attached hydrogens (tertiary/aromatic N) is 1. The fourth-order valence-electron chi connectivity index (χ4n) is 2.74. The van der Waals surface area contributed by atoms with E-state index in [0.29, 0.717) is 18.8 Å². The van der Waals surface area contributed by atoms with Gasteiger partial charge in [-0.25, -0.2) is 4.79 Å². The number of benzene rings is 1. The molecule has 3 aromatic rings. The molecule has 4 nitrogen and oxygen atoms in total. The SMILES string of the molecule is O=C(OCCCCCCCOc1ccc(-c2cc(=S)ss2)cc1)c1cccnc1. The van der Waals surface area contributed by atoms with E-state index in [-0.39, 0.29) is 5.97 Å². The Morgan fingerprint density at radius 3 is 2.41 bits per heavy atom. The molecule has 0 N–H and O–H groups in total. The summed E-state index contributed by atoms with van der Waals surface area (Å²) in [5, 5.41) is 0. The normalized spacial score (nSPS) is 10.6. The number of carbonyl (C=O) groups is 1. The summed E-state index contributed by atoms with van der Waals surface area (Å²) < 4.78 is 12.0. The van der Waals surface area contributed by atoms with Gasteiger partial charge >= 0.3 is 5.97 Å². The van der Waals surface area contributed by atoms with Crippen LogP contribution in [0.2, 0.25) is 0 Å². The van der Waals surface area contributed by atoms with E-state index < -0.39 is 0 Å². The second-order valence-electron chi connectivity index (χ2n) is 6.51. The van der Waals surface area contributed by atoms with Crippen LogP contribution in [0.15, 0.2) is 54.9 Å². The van der Waals surface area contributed by atoms with Crippen LogP contribution < -0.4 is 4.74 Å². The van der Waals surface area contributed by atoms with Crippen LogP contribution in [-0.4, -0.2) is 24.2 Å². The average Bonchev–Trinajstić information content (AvgIpc) is 3.19. The maximum absolute atomic E-state index is 11.8. The number of hydrogen-bond donors (Lipinski definition) is 0. The number of rotatable bonds is 11. The van der Waals surface area contributed by atoms with Crippen molar-refractivity contribution in [3.63, 3.8) is 0 Å². The first-order valence-electron chi connectivity index (χ1n) is 9.63. The third kappa shape index (κ3) is 7.34. The Hall–Kier alpha value is -2.09. The summed E-state index contributed by atoms with van der Waals surface area (Å²) >= 11 is 5.19. The summed E-state index contributed by atoms with van der Waals surface area (Å²) in [5.74, 6) is 0.594. The zero-order chi connectivity index (χ0) is 20.3. The highest BCUT2D eigenvalue weighted by Crippen LogP contribution is 2.30. The number of ether oxygens (including phenoxy) is 2. The first kappa shape index (κ1) is 21.6. The van der Waals surface area contributed by atoms with Crippen molar-refractivity contribution in [2.75, 3.05) is 13.2 Å². The summed E-state index contributed by atoms with van der Waals surface area (Å²) in [6.07, 6.45) is 8.31. The van der Waals surface area contributed by atoms with Gasteiger partial charge in [0.15, 0.2) is 0 Å². The lowest BCUT2D eigenvalue weighted by atomic mass is 10.1. The summed E-state index contributed by atoms with van der Waals surface area (Å²) in [6.45, 7) is 1.17. The molecule has 7 heteroatoms. The lowest BCUT2D eigenvalue weighted by Crippen LogP contribution is -2.06. The van der Waals surface area contributed by atoms with E-state index in [1.165, 1.54) is 16.6 Å². The van der Waals surface area contributed by atoms with Crippen LogP contribution in [0.5, 0.6) is 5.75 Å².